The molecule has 0 rings (SSSR count). The molecule has 0 aromatic carbocycles. The minimum Gasteiger partial charge on any atom is -0.412 e. The van der Waals surface area contributed by atoms with Crippen molar-refractivity contribution in [3.05, 3.63) is 0 Å². The third-order valence-electron chi connectivity index (χ3n) is 1.79. The maximum atomic E-state index is 6.27. The van der Waals surface area contributed by atoms with Gasteiger partial charge in [0, 0.05) is 0 Å². The summed E-state index contributed by atoms with van der Waals surface area (Å²) in [6, 6.07) is 0. The fourth-order valence-corrected chi connectivity index (χ4v) is 10.3. The summed E-state index contributed by atoms with van der Waals surface area (Å²) in [5.41, 5.74) is 0. The van der Waals surface area contributed by atoms with Crippen LogP contribution in [0.5, 0.6) is 0 Å². The van der Waals surface area contributed by atoms with Gasteiger partial charge in [-0.05, 0) is 0 Å². The Kier molecular flexibility index (Phi) is 17.3. The van der Waals surface area contributed by atoms with E-state index in [1.807, 2.05) is 0 Å². The van der Waals surface area contributed by atoms with Gasteiger partial charge in [-0.25, -0.2) is 0 Å². The van der Waals surface area contributed by atoms with Crippen LogP contribution in [-0.4, -0.2) is 27.1 Å². The van der Waals surface area contributed by atoms with E-state index in [1.54, 1.807) is 0 Å². The van der Waals surface area contributed by atoms with Crippen molar-refractivity contribution in [1.82, 2.24) is 0 Å². The Morgan fingerprint density at radius 3 is 1.38 bits per heavy atom. The first kappa shape index (κ1) is 19.8. The van der Waals surface area contributed by atoms with E-state index in [-0.39, 0.29) is 11.0 Å². The van der Waals surface area contributed by atoms with Gasteiger partial charge in [-0.3, -0.25) is 0 Å². The van der Waals surface area contributed by atoms with Crippen LogP contribution in [0.25, 0.3) is 0 Å². The standard InChI is InChI=1S/2C4H9.2ClH.2H2O.Sn/c2*1-3-4-2;;;;;/h2*1,3-4H2,2H3;2*1H;2*1H2;/q;;;;;;+2/p-2. The van der Waals surface area contributed by atoms with Crippen molar-refractivity contribution >= 4 is 34.0 Å². The number of halogens is 2. The average Bonchev–Trinajstić information content (AvgIpc) is 1.97. The van der Waals surface area contributed by atoms with Gasteiger partial charge in [0.25, 0.3) is 0 Å². The minimum absolute atomic E-state index is 0. The topological polar surface area (TPSA) is 63.0 Å². The molecule has 0 bridgehead atoms. The number of hydrogen-bond donors (Lipinski definition) is 0. The molecular weight excluding hydrogens is 318 g/mol. The second kappa shape index (κ2) is 11.4. The van der Waals surface area contributed by atoms with Crippen LogP contribution < -0.4 is 0 Å². The normalized spacial score (nSPS) is 10.2. The first-order valence-corrected chi connectivity index (χ1v) is 15.8. The summed E-state index contributed by atoms with van der Waals surface area (Å²) in [4.78, 5) is 0. The maximum Gasteiger partial charge on any atom is -0.412 e. The Hall–Kier alpha value is 1.30. The van der Waals surface area contributed by atoms with Gasteiger partial charge in [0.2, 0.25) is 0 Å². The predicted molar refractivity (Wildman–Crippen MR) is 64.1 cm³/mol. The number of unbranched alkanes of at least 4 members (excludes halogenated alkanes) is 2. The molecule has 0 aliphatic carbocycles. The van der Waals surface area contributed by atoms with Gasteiger partial charge in [0.15, 0.2) is 0 Å². The Balaban J connectivity index is -0.000000500. The molecule has 0 atom stereocenters. The summed E-state index contributed by atoms with van der Waals surface area (Å²) in [5.74, 6) is 0. The summed E-state index contributed by atoms with van der Waals surface area (Å²) < 4.78 is 2.29. The predicted octanol–water partition coefficient (Wildman–Crippen LogP) is 2.86. The molecule has 0 aliphatic rings. The largest absolute Gasteiger partial charge is 0.412 e. The van der Waals surface area contributed by atoms with E-state index >= 15 is 0 Å². The Morgan fingerprint density at radius 2 is 1.15 bits per heavy atom. The average molecular weight is 340 g/mol. The van der Waals surface area contributed by atoms with Crippen LogP contribution in [0.1, 0.15) is 39.5 Å². The molecule has 0 heterocycles. The van der Waals surface area contributed by atoms with Gasteiger partial charge in [-0.15, -0.1) is 0 Å². The van der Waals surface area contributed by atoms with Crippen LogP contribution in [0.3, 0.4) is 0 Å². The van der Waals surface area contributed by atoms with E-state index in [1.165, 1.54) is 25.7 Å². The third kappa shape index (κ3) is 13.3. The fourth-order valence-electron chi connectivity index (χ4n) is 0.996. The van der Waals surface area contributed by atoms with Crippen LogP contribution in [0, 0.1) is 0 Å². The summed E-state index contributed by atoms with van der Waals surface area (Å²) in [7, 11) is 12.5. The molecular formula is C8H22Cl2O2Sn. The van der Waals surface area contributed by atoms with E-state index in [2.05, 4.69) is 13.8 Å². The van der Waals surface area contributed by atoms with Crippen LogP contribution in [0.4, 0.5) is 0 Å². The summed E-state index contributed by atoms with van der Waals surface area (Å²) >= 11 is -2.49. The fraction of sp³-hybridized carbons (Fsp3) is 1.00. The first-order valence-electron chi connectivity index (χ1n) is 4.50. The molecule has 0 amide bonds. The summed E-state index contributed by atoms with van der Waals surface area (Å²) in [6.07, 6.45) is 4.91. The molecule has 13 heavy (non-hydrogen) atoms. The van der Waals surface area contributed by atoms with Crippen LogP contribution in [-0.2, 0) is 0 Å². The quantitative estimate of drug-likeness (QED) is 0.668. The van der Waals surface area contributed by atoms with Crippen molar-refractivity contribution in [1.29, 1.82) is 0 Å². The van der Waals surface area contributed by atoms with Crippen LogP contribution >= 0.6 is 17.8 Å². The summed E-state index contributed by atoms with van der Waals surface area (Å²) in [6.45, 7) is 4.38. The van der Waals surface area contributed by atoms with E-state index in [9.17, 15) is 0 Å². The van der Waals surface area contributed by atoms with Gasteiger partial charge in [-0.2, -0.15) is 0 Å². The van der Waals surface area contributed by atoms with Gasteiger partial charge < -0.3 is 11.0 Å². The Bertz CT molecular complexity index is 92.1. The molecule has 0 unspecified atom stereocenters. The molecule has 0 saturated carbocycles. The molecule has 0 aromatic heterocycles. The van der Waals surface area contributed by atoms with Crippen molar-refractivity contribution in [3.8, 4) is 0 Å². The van der Waals surface area contributed by atoms with Gasteiger partial charge in [0.1, 0.15) is 0 Å². The zero-order chi connectivity index (χ0) is 8.74. The monoisotopic (exact) mass is 340 g/mol. The zero-order valence-electron chi connectivity index (χ0n) is 8.50. The second-order valence-electron chi connectivity index (χ2n) is 3.06. The van der Waals surface area contributed by atoms with Crippen molar-refractivity contribution < 1.29 is 11.0 Å². The first-order chi connectivity index (χ1) is 5.12. The van der Waals surface area contributed by atoms with Gasteiger partial charge in [0.05, 0.1) is 0 Å². The molecule has 0 saturated heterocycles. The molecule has 5 heteroatoms. The molecule has 0 aliphatic heterocycles. The third-order valence-corrected chi connectivity index (χ3v) is 13.1. The van der Waals surface area contributed by atoms with Crippen molar-refractivity contribution in [2.24, 2.45) is 0 Å². The van der Waals surface area contributed by atoms with Crippen molar-refractivity contribution in [2.75, 3.05) is 0 Å². The van der Waals surface area contributed by atoms with Crippen molar-refractivity contribution in [2.45, 2.75) is 48.4 Å². The molecule has 4 N–H and O–H groups in total. The van der Waals surface area contributed by atoms with Gasteiger partial charge in [-0.1, -0.05) is 0 Å². The summed E-state index contributed by atoms with van der Waals surface area (Å²) in [5, 5.41) is 0. The van der Waals surface area contributed by atoms with E-state index in [0.29, 0.717) is 0 Å². The van der Waals surface area contributed by atoms with E-state index < -0.39 is 16.1 Å². The van der Waals surface area contributed by atoms with Crippen LogP contribution in [0.15, 0.2) is 0 Å². The van der Waals surface area contributed by atoms with Gasteiger partial charge >= 0.3 is 82.4 Å². The number of hydrogen-bond acceptors (Lipinski definition) is 0. The van der Waals surface area contributed by atoms with Crippen LogP contribution in [0.2, 0.25) is 8.87 Å². The van der Waals surface area contributed by atoms with E-state index in [0.717, 1.165) is 8.87 Å². The SMILES string of the molecule is CCC[CH2][Sn]([Cl])([Cl])[CH2]CCC.O.O. The maximum absolute atomic E-state index is 6.27. The zero-order valence-corrected chi connectivity index (χ0v) is 12.9. The second-order valence-corrected chi connectivity index (χ2v) is 21.8. The molecule has 2 nitrogen and oxygen atoms in total. The smallest absolute Gasteiger partial charge is 0.412 e. The molecule has 0 aromatic rings. The Morgan fingerprint density at radius 1 is 0.846 bits per heavy atom. The Labute approximate surface area is 92.9 Å². The van der Waals surface area contributed by atoms with E-state index in [4.69, 9.17) is 17.8 Å². The minimum atomic E-state index is -2.49. The molecule has 0 radical (unpaired) electrons. The molecule has 84 valence electrons. The molecule has 0 spiro atoms. The molecule has 0 fully saturated rings. The number of rotatable bonds is 6. The van der Waals surface area contributed by atoms with Crippen molar-refractivity contribution in [3.63, 3.8) is 0 Å².